The van der Waals surface area contributed by atoms with Crippen molar-refractivity contribution < 1.29 is 0 Å². The second-order valence-corrected chi connectivity index (χ2v) is 3.19. The Bertz CT molecular complexity index is 354. The van der Waals surface area contributed by atoms with Crippen molar-refractivity contribution in [3.63, 3.8) is 0 Å². The number of nitrogens with two attached hydrogens (primary N) is 2. The zero-order chi connectivity index (χ0) is 10.6. The molecule has 0 aliphatic carbocycles. The molecule has 74 valence electrons. The highest BCUT2D eigenvalue weighted by molar-refractivity contribution is 5.66. The standard InChI is InChI=1S/C12H16N2/c1-3-5-9-7-8-11(13)10(6-4-2)12(9)14/h3-4,7-8H,1-2,5-6,13-14H2. The zero-order valence-electron chi connectivity index (χ0n) is 8.29. The second kappa shape index (κ2) is 4.51. The Hall–Kier alpha value is -1.70. The third kappa shape index (κ3) is 1.96. The maximum absolute atomic E-state index is 5.98. The molecule has 0 saturated carbocycles. The highest BCUT2D eigenvalue weighted by Crippen LogP contribution is 2.25. The fraction of sp³-hybridized carbons (Fsp3) is 0.167. The summed E-state index contributed by atoms with van der Waals surface area (Å²) in [5.41, 5.74) is 15.3. The van der Waals surface area contributed by atoms with Crippen LogP contribution in [0.2, 0.25) is 0 Å². The molecule has 0 spiro atoms. The molecule has 0 heterocycles. The first-order chi connectivity index (χ1) is 6.70. The largest absolute Gasteiger partial charge is 0.398 e. The maximum atomic E-state index is 5.98. The molecule has 0 saturated heterocycles. The van der Waals surface area contributed by atoms with E-state index >= 15 is 0 Å². The lowest BCUT2D eigenvalue weighted by Crippen LogP contribution is -2.03. The van der Waals surface area contributed by atoms with Gasteiger partial charge in [0.25, 0.3) is 0 Å². The molecule has 4 N–H and O–H groups in total. The number of hydrogen-bond acceptors (Lipinski definition) is 2. The monoisotopic (exact) mass is 188 g/mol. The van der Waals surface area contributed by atoms with Gasteiger partial charge in [-0.3, -0.25) is 0 Å². The van der Waals surface area contributed by atoms with Crippen molar-refractivity contribution >= 4 is 11.4 Å². The number of allylic oxidation sites excluding steroid dienone is 2. The van der Waals surface area contributed by atoms with Crippen molar-refractivity contribution in [2.45, 2.75) is 12.8 Å². The molecule has 0 bridgehead atoms. The first-order valence-electron chi connectivity index (χ1n) is 4.58. The van der Waals surface area contributed by atoms with Crippen molar-refractivity contribution in [2.75, 3.05) is 11.5 Å². The van der Waals surface area contributed by atoms with Gasteiger partial charge in [-0.05, 0) is 24.5 Å². The van der Waals surface area contributed by atoms with Crippen LogP contribution in [0.5, 0.6) is 0 Å². The van der Waals surface area contributed by atoms with Crippen molar-refractivity contribution in [1.29, 1.82) is 0 Å². The smallest absolute Gasteiger partial charge is 0.0406 e. The third-order valence-corrected chi connectivity index (χ3v) is 2.20. The maximum Gasteiger partial charge on any atom is 0.0406 e. The molecule has 0 amide bonds. The molecule has 0 aliphatic heterocycles. The lowest BCUT2D eigenvalue weighted by atomic mass is 10.0. The molecule has 0 radical (unpaired) electrons. The van der Waals surface area contributed by atoms with Crippen molar-refractivity contribution in [3.8, 4) is 0 Å². The van der Waals surface area contributed by atoms with Crippen LogP contribution in [0.1, 0.15) is 11.1 Å². The molecule has 2 heteroatoms. The number of nitrogen functional groups attached to an aromatic ring is 2. The second-order valence-electron chi connectivity index (χ2n) is 3.19. The minimum atomic E-state index is 0.711. The van der Waals surface area contributed by atoms with Crippen LogP contribution in [0.15, 0.2) is 37.4 Å². The normalized spacial score (nSPS) is 9.71. The minimum Gasteiger partial charge on any atom is -0.398 e. The van der Waals surface area contributed by atoms with Crippen LogP contribution >= 0.6 is 0 Å². The molecule has 0 unspecified atom stereocenters. The van der Waals surface area contributed by atoms with Crippen molar-refractivity contribution in [1.82, 2.24) is 0 Å². The molecular formula is C12H16N2. The zero-order valence-corrected chi connectivity index (χ0v) is 8.29. The van der Waals surface area contributed by atoms with Crippen LogP contribution in [0.25, 0.3) is 0 Å². The highest BCUT2D eigenvalue weighted by atomic mass is 14.6. The molecule has 0 atom stereocenters. The number of hydrogen-bond donors (Lipinski definition) is 2. The average Bonchev–Trinajstić information content (AvgIpc) is 2.17. The Morgan fingerprint density at radius 3 is 2.29 bits per heavy atom. The molecule has 0 fully saturated rings. The molecule has 0 aliphatic rings. The minimum absolute atomic E-state index is 0.711. The predicted octanol–water partition coefficient (Wildman–Crippen LogP) is 2.31. The van der Waals surface area contributed by atoms with E-state index in [1.54, 1.807) is 6.08 Å². The molecule has 1 aromatic rings. The van der Waals surface area contributed by atoms with E-state index in [1.807, 2.05) is 18.2 Å². The van der Waals surface area contributed by atoms with E-state index in [4.69, 9.17) is 11.5 Å². The van der Waals surface area contributed by atoms with Gasteiger partial charge in [0, 0.05) is 16.9 Å². The fourth-order valence-electron chi connectivity index (χ4n) is 1.44. The van der Waals surface area contributed by atoms with Gasteiger partial charge < -0.3 is 11.5 Å². The Kier molecular flexibility index (Phi) is 3.35. The summed E-state index contributed by atoms with van der Waals surface area (Å²) in [5.74, 6) is 0. The molecule has 2 nitrogen and oxygen atoms in total. The van der Waals surface area contributed by atoms with E-state index < -0.39 is 0 Å². The van der Waals surface area contributed by atoms with Gasteiger partial charge in [0.15, 0.2) is 0 Å². The summed E-state index contributed by atoms with van der Waals surface area (Å²) < 4.78 is 0. The lowest BCUT2D eigenvalue weighted by molar-refractivity contribution is 1.22. The van der Waals surface area contributed by atoms with E-state index in [0.717, 1.165) is 28.9 Å². The molecular weight excluding hydrogens is 172 g/mol. The molecule has 0 aromatic heterocycles. The van der Waals surface area contributed by atoms with E-state index in [9.17, 15) is 0 Å². The van der Waals surface area contributed by atoms with Crippen LogP contribution < -0.4 is 11.5 Å². The summed E-state index contributed by atoms with van der Waals surface area (Å²) in [4.78, 5) is 0. The number of benzene rings is 1. The highest BCUT2D eigenvalue weighted by Gasteiger charge is 2.06. The summed E-state index contributed by atoms with van der Waals surface area (Å²) in [6.45, 7) is 7.37. The van der Waals surface area contributed by atoms with Gasteiger partial charge in [-0.1, -0.05) is 18.2 Å². The Morgan fingerprint density at radius 2 is 1.71 bits per heavy atom. The van der Waals surface area contributed by atoms with Crippen LogP contribution in [0.3, 0.4) is 0 Å². The fourth-order valence-corrected chi connectivity index (χ4v) is 1.44. The van der Waals surface area contributed by atoms with Crippen LogP contribution in [-0.2, 0) is 12.8 Å². The Morgan fingerprint density at radius 1 is 1.07 bits per heavy atom. The van der Waals surface area contributed by atoms with Gasteiger partial charge in [-0.25, -0.2) is 0 Å². The average molecular weight is 188 g/mol. The van der Waals surface area contributed by atoms with Gasteiger partial charge in [0.2, 0.25) is 0 Å². The molecule has 14 heavy (non-hydrogen) atoms. The quantitative estimate of drug-likeness (QED) is 0.562. The van der Waals surface area contributed by atoms with Gasteiger partial charge >= 0.3 is 0 Å². The van der Waals surface area contributed by atoms with Crippen LogP contribution in [-0.4, -0.2) is 0 Å². The van der Waals surface area contributed by atoms with Crippen LogP contribution in [0, 0.1) is 0 Å². The number of anilines is 2. The SMILES string of the molecule is C=CCc1ccc(N)c(CC=C)c1N. The third-order valence-electron chi connectivity index (χ3n) is 2.20. The Labute approximate surface area is 84.9 Å². The predicted molar refractivity (Wildman–Crippen MR) is 63.1 cm³/mol. The molecule has 1 aromatic carbocycles. The van der Waals surface area contributed by atoms with Gasteiger partial charge in [0.1, 0.15) is 0 Å². The van der Waals surface area contributed by atoms with E-state index in [-0.39, 0.29) is 0 Å². The van der Waals surface area contributed by atoms with Gasteiger partial charge in [-0.15, -0.1) is 13.2 Å². The summed E-state index contributed by atoms with van der Waals surface area (Å²) >= 11 is 0. The Balaban J connectivity index is 3.17. The van der Waals surface area contributed by atoms with E-state index in [1.165, 1.54) is 0 Å². The number of rotatable bonds is 4. The summed E-state index contributed by atoms with van der Waals surface area (Å²) in [6, 6.07) is 3.83. The van der Waals surface area contributed by atoms with Crippen molar-refractivity contribution in [2.24, 2.45) is 0 Å². The van der Waals surface area contributed by atoms with Crippen molar-refractivity contribution in [3.05, 3.63) is 48.6 Å². The first kappa shape index (κ1) is 10.4. The summed E-state index contributed by atoms with van der Waals surface area (Å²) in [6.07, 6.45) is 5.12. The van der Waals surface area contributed by atoms with E-state index in [0.29, 0.717) is 6.42 Å². The van der Waals surface area contributed by atoms with Crippen LogP contribution in [0.4, 0.5) is 11.4 Å². The first-order valence-corrected chi connectivity index (χ1v) is 4.58. The van der Waals surface area contributed by atoms with Gasteiger partial charge in [0.05, 0.1) is 0 Å². The van der Waals surface area contributed by atoms with E-state index in [2.05, 4.69) is 13.2 Å². The molecule has 1 rings (SSSR count). The van der Waals surface area contributed by atoms with Gasteiger partial charge in [-0.2, -0.15) is 0 Å². The topological polar surface area (TPSA) is 52.0 Å². The summed E-state index contributed by atoms with van der Waals surface area (Å²) in [5, 5.41) is 0. The lowest BCUT2D eigenvalue weighted by Gasteiger charge is -2.11. The summed E-state index contributed by atoms with van der Waals surface area (Å²) in [7, 11) is 0.